The van der Waals surface area contributed by atoms with Gasteiger partial charge in [0, 0.05) is 28.3 Å². The number of aromatic hydroxyl groups is 1. The molecule has 0 fully saturated rings. The Hall–Kier alpha value is -2.83. The zero-order chi connectivity index (χ0) is 21.9. The first kappa shape index (κ1) is 20.1. The van der Waals surface area contributed by atoms with E-state index < -0.39 is 6.04 Å². The standard InChI is InChI=1S/C23H20Cl2N4O2/c1-23(2)10-17-19(18(31)11-23)20(12-3-6-14(30)7-4-12)29-22(26-17)27-21(28-29)15-8-5-13(24)9-16(15)25/h3-9,20,30H,10-11H2,1-2H3,(H,26,27,28)/t20-/m0/s1. The van der Waals surface area contributed by atoms with Crippen molar-refractivity contribution in [2.24, 2.45) is 5.41 Å². The second-order valence-electron chi connectivity index (χ2n) is 8.78. The van der Waals surface area contributed by atoms with Gasteiger partial charge in [-0.05, 0) is 47.7 Å². The van der Waals surface area contributed by atoms with Crippen molar-refractivity contribution in [2.75, 3.05) is 5.32 Å². The molecule has 31 heavy (non-hydrogen) atoms. The van der Waals surface area contributed by atoms with E-state index in [1.807, 2.05) is 12.1 Å². The van der Waals surface area contributed by atoms with Crippen LogP contribution >= 0.6 is 23.2 Å². The van der Waals surface area contributed by atoms with Gasteiger partial charge < -0.3 is 10.4 Å². The van der Waals surface area contributed by atoms with E-state index in [9.17, 15) is 9.90 Å². The molecule has 0 radical (unpaired) electrons. The van der Waals surface area contributed by atoms with E-state index in [2.05, 4.69) is 24.1 Å². The summed E-state index contributed by atoms with van der Waals surface area (Å²) in [5, 5.41) is 18.8. The van der Waals surface area contributed by atoms with Gasteiger partial charge >= 0.3 is 0 Å². The molecular formula is C23H20Cl2N4O2. The highest BCUT2D eigenvalue weighted by Crippen LogP contribution is 2.46. The Morgan fingerprint density at radius 3 is 2.58 bits per heavy atom. The second-order valence-corrected chi connectivity index (χ2v) is 9.62. The number of aromatic nitrogens is 3. The molecule has 1 aliphatic heterocycles. The quantitative estimate of drug-likeness (QED) is 0.525. The number of hydrogen-bond donors (Lipinski definition) is 2. The zero-order valence-corrected chi connectivity index (χ0v) is 18.5. The normalized spacial score (nSPS) is 19.6. The molecule has 0 saturated heterocycles. The lowest BCUT2D eigenvalue weighted by Gasteiger charge is -2.38. The van der Waals surface area contributed by atoms with Gasteiger partial charge in [-0.3, -0.25) is 4.79 Å². The number of ketones is 1. The summed E-state index contributed by atoms with van der Waals surface area (Å²) in [6.07, 6.45) is 1.19. The summed E-state index contributed by atoms with van der Waals surface area (Å²) in [4.78, 5) is 17.9. The molecule has 8 heteroatoms. The van der Waals surface area contributed by atoms with E-state index in [0.29, 0.717) is 39.4 Å². The van der Waals surface area contributed by atoms with Gasteiger partial charge in [0.2, 0.25) is 5.95 Å². The number of halogens is 2. The summed E-state index contributed by atoms with van der Waals surface area (Å²) in [5.41, 5.74) is 2.92. The van der Waals surface area contributed by atoms with Crippen LogP contribution in [0.3, 0.4) is 0 Å². The Morgan fingerprint density at radius 2 is 1.87 bits per heavy atom. The fourth-order valence-electron chi connectivity index (χ4n) is 4.36. The number of phenolic OH excluding ortho intramolecular Hbond substituents is 1. The number of nitrogens with one attached hydrogen (secondary N) is 1. The van der Waals surface area contributed by atoms with Gasteiger partial charge in [-0.15, -0.1) is 5.10 Å². The molecular weight excluding hydrogens is 435 g/mol. The van der Waals surface area contributed by atoms with Crippen molar-refractivity contribution < 1.29 is 9.90 Å². The molecule has 2 aromatic carbocycles. The Morgan fingerprint density at radius 1 is 1.13 bits per heavy atom. The van der Waals surface area contributed by atoms with Crippen molar-refractivity contribution in [1.29, 1.82) is 0 Å². The van der Waals surface area contributed by atoms with Crippen LogP contribution in [0.4, 0.5) is 5.95 Å². The van der Waals surface area contributed by atoms with E-state index in [1.54, 1.807) is 35.0 Å². The molecule has 6 nitrogen and oxygen atoms in total. The largest absolute Gasteiger partial charge is 0.508 e. The molecule has 0 amide bonds. The number of allylic oxidation sites excluding steroid dienone is 2. The maximum atomic E-state index is 13.2. The van der Waals surface area contributed by atoms with Crippen LogP contribution in [0, 0.1) is 5.41 Å². The topological polar surface area (TPSA) is 80.0 Å². The number of anilines is 1. The third kappa shape index (κ3) is 3.50. The molecule has 0 saturated carbocycles. The van der Waals surface area contributed by atoms with Crippen molar-refractivity contribution in [3.8, 4) is 17.1 Å². The molecule has 0 bridgehead atoms. The Bertz CT molecular complexity index is 1240. The van der Waals surface area contributed by atoms with Crippen LogP contribution in [0.25, 0.3) is 11.4 Å². The predicted octanol–water partition coefficient (Wildman–Crippen LogP) is 5.62. The van der Waals surface area contributed by atoms with Crippen LogP contribution in [0.15, 0.2) is 53.7 Å². The SMILES string of the molecule is CC1(C)CC(=O)C2=C(C1)Nc1nc(-c3ccc(Cl)cc3Cl)nn1[C@H]2c1ccc(O)cc1. The van der Waals surface area contributed by atoms with Crippen LogP contribution in [-0.4, -0.2) is 25.7 Å². The first-order valence-electron chi connectivity index (χ1n) is 9.96. The van der Waals surface area contributed by atoms with Gasteiger partial charge in [0.15, 0.2) is 11.6 Å². The summed E-state index contributed by atoms with van der Waals surface area (Å²) >= 11 is 12.4. The van der Waals surface area contributed by atoms with Crippen molar-refractivity contribution in [2.45, 2.75) is 32.7 Å². The van der Waals surface area contributed by atoms with Gasteiger partial charge in [0.05, 0.1) is 5.02 Å². The molecule has 2 aliphatic rings. The van der Waals surface area contributed by atoms with Crippen LogP contribution in [0.5, 0.6) is 5.75 Å². The fourth-order valence-corrected chi connectivity index (χ4v) is 4.85. The molecule has 2 heterocycles. The number of nitrogens with zero attached hydrogens (tertiary/aromatic N) is 3. The van der Waals surface area contributed by atoms with Crippen molar-refractivity contribution in [1.82, 2.24) is 14.8 Å². The van der Waals surface area contributed by atoms with Crippen molar-refractivity contribution in [3.63, 3.8) is 0 Å². The highest BCUT2D eigenvalue weighted by atomic mass is 35.5. The number of benzene rings is 2. The Kier molecular flexibility index (Phi) is 4.61. The average molecular weight is 455 g/mol. The summed E-state index contributed by atoms with van der Waals surface area (Å²) in [6, 6.07) is 11.6. The average Bonchev–Trinajstić information content (AvgIpc) is 3.09. The summed E-state index contributed by atoms with van der Waals surface area (Å²) < 4.78 is 1.72. The third-order valence-electron chi connectivity index (χ3n) is 5.71. The predicted molar refractivity (Wildman–Crippen MR) is 120 cm³/mol. The molecule has 0 spiro atoms. The number of phenols is 1. The minimum Gasteiger partial charge on any atom is -0.508 e. The molecule has 158 valence electrons. The van der Waals surface area contributed by atoms with Crippen molar-refractivity contribution >= 4 is 34.9 Å². The highest BCUT2D eigenvalue weighted by molar-refractivity contribution is 6.36. The Balaban J connectivity index is 1.68. The molecule has 2 N–H and O–H groups in total. The second kappa shape index (κ2) is 7.11. The summed E-state index contributed by atoms with van der Waals surface area (Å²) in [7, 11) is 0. The lowest BCUT2D eigenvalue weighted by atomic mass is 9.73. The molecule has 1 aromatic heterocycles. The number of carbonyl (C=O) groups excluding carboxylic acids is 1. The van der Waals surface area contributed by atoms with Gasteiger partial charge in [-0.25, -0.2) is 4.68 Å². The van der Waals surface area contributed by atoms with Gasteiger partial charge in [0.1, 0.15) is 11.8 Å². The van der Waals surface area contributed by atoms with E-state index in [-0.39, 0.29) is 16.9 Å². The first-order chi connectivity index (χ1) is 14.7. The van der Waals surface area contributed by atoms with E-state index in [1.165, 1.54) is 0 Å². The van der Waals surface area contributed by atoms with Gasteiger partial charge in [-0.2, -0.15) is 4.98 Å². The minimum atomic E-state index is -0.442. The zero-order valence-electron chi connectivity index (χ0n) is 17.0. The molecule has 1 atom stereocenters. The van der Waals surface area contributed by atoms with Crippen LogP contribution < -0.4 is 5.32 Å². The lowest BCUT2D eigenvalue weighted by molar-refractivity contribution is -0.118. The van der Waals surface area contributed by atoms with Gasteiger partial charge in [-0.1, -0.05) is 49.2 Å². The lowest BCUT2D eigenvalue weighted by Crippen LogP contribution is -2.36. The molecule has 1 aliphatic carbocycles. The fraction of sp³-hybridized carbons (Fsp3) is 0.261. The van der Waals surface area contributed by atoms with Gasteiger partial charge in [0.25, 0.3) is 0 Å². The van der Waals surface area contributed by atoms with Crippen molar-refractivity contribution in [3.05, 3.63) is 69.3 Å². The Labute approximate surface area is 189 Å². The maximum Gasteiger partial charge on any atom is 0.226 e. The number of rotatable bonds is 2. The summed E-state index contributed by atoms with van der Waals surface area (Å²) in [6.45, 7) is 4.17. The van der Waals surface area contributed by atoms with E-state index in [0.717, 1.165) is 17.7 Å². The molecule has 5 rings (SSSR count). The number of fused-ring (bicyclic) bond motifs is 1. The van der Waals surface area contributed by atoms with Crippen LogP contribution in [-0.2, 0) is 4.79 Å². The third-order valence-corrected chi connectivity index (χ3v) is 6.26. The molecule has 0 unspecified atom stereocenters. The van der Waals surface area contributed by atoms with E-state index >= 15 is 0 Å². The van der Waals surface area contributed by atoms with Crippen LogP contribution in [0.1, 0.15) is 38.3 Å². The summed E-state index contributed by atoms with van der Waals surface area (Å²) in [5.74, 6) is 1.24. The number of Topliss-reactive ketones (excluding diaryl/α,β-unsaturated/α-hetero) is 1. The first-order valence-corrected chi connectivity index (χ1v) is 10.7. The molecule has 3 aromatic rings. The monoisotopic (exact) mass is 454 g/mol. The smallest absolute Gasteiger partial charge is 0.226 e. The number of carbonyl (C=O) groups is 1. The van der Waals surface area contributed by atoms with E-state index in [4.69, 9.17) is 28.3 Å². The number of hydrogen-bond acceptors (Lipinski definition) is 5. The minimum absolute atomic E-state index is 0.0871. The van der Waals surface area contributed by atoms with Crippen LogP contribution in [0.2, 0.25) is 10.0 Å². The highest BCUT2D eigenvalue weighted by Gasteiger charge is 2.42. The maximum absolute atomic E-state index is 13.2.